The highest BCUT2D eigenvalue weighted by molar-refractivity contribution is 6.25. The third-order valence-corrected chi connectivity index (χ3v) is 27.9. The number of benzene rings is 17. The quantitative estimate of drug-likeness (QED) is 0.0234. The first-order valence-electron chi connectivity index (χ1n) is 50.9. The minimum atomic E-state index is 0.151. The molecular weight excluding hydrogens is 1770 g/mol. The molecule has 716 valence electrons. The molecule has 0 aliphatic heterocycles. The number of nitrogens with zero attached hydrogens (tertiary/aromatic N) is 8. The van der Waals surface area contributed by atoms with Gasteiger partial charge in [0.15, 0.2) is 23.3 Å². The van der Waals surface area contributed by atoms with Gasteiger partial charge in [-0.05, 0) is 239 Å². The summed E-state index contributed by atoms with van der Waals surface area (Å²) in [6.07, 6.45) is 18.4. The Kier molecular flexibility index (Phi) is 30.3. The van der Waals surface area contributed by atoms with Gasteiger partial charge in [-0.15, -0.1) is 0 Å². The van der Waals surface area contributed by atoms with Crippen LogP contribution in [0.5, 0.6) is 46.5 Å². The van der Waals surface area contributed by atoms with Crippen LogP contribution in [0.25, 0.3) is 188 Å². The first-order chi connectivity index (χ1) is 70.2. The minimum absolute atomic E-state index is 0.151. The second-order valence-electron chi connectivity index (χ2n) is 37.6. The summed E-state index contributed by atoms with van der Waals surface area (Å²) < 4.78 is 25.2. The monoisotopic (exact) mass is 1880 g/mol. The van der Waals surface area contributed by atoms with Crippen LogP contribution in [0, 0.1) is 17.8 Å². The second-order valence-corrected chi connectivity index (χ2v) is 37.6. The average Bonchev–Trinajstić information content (AvgIpc) is 0.810. The van der Waals surface area contributed by atoms with Crippen LogP contribution in [0.2, 0.25) is 0 Å². The van der Waals surface area contributed by atoms with Crippen LogP contribution in [-0.2, 0) is 0 Å². The van der Waals surface area contributed by atoms with Crippen molar-refractivity contribution >= 4 is 97.0 Å². The van der Waals surface area contributed by atoms with E-state index in [9.17, 15) is 20.4 Å². The summed E-state index contributed by atoms with van der Waals surface area (Å²) in [4.78, 5) is 38.6. The maximum atomic E-state index is 10.6. The zero-order valence-corrected chi connectivity index (χ0v) is 82.1. The molecule has 0 bridgehead atoms. The molecular formula is C127H120N8O8. The van der Waals surface area contributed by atoms with Crippen molar-refractivity contribution in [3.8, 4) is 137 Å². The highest BCUT2D eigenvalue weighted by atomic mass is 16.5. The van der Waals surface area contributed by atoms with E-state index in [1.165, 1.54) is 105 Å². The molecule has 4 aromatic heterocycles. The summed E-state index contributed by atoms with van der Waals surface area (Å²) in [5, 5.41) is 63.5. The highest BCUT2D eigenvalue weighted by Crippen LogP contribution is 2.45. The number of unbranched alkanes of at least 4 members (excludes halogenated alkanes) is 3. The molecule has 17 aromatic carbocycles. The lowest BCUT2D eigenvalue weighted by Gasteiger charge is -2.17. The normalized spacial score (nSPS) is 12.7. The number of rotatable bonds is 31. The number of aromatic nitrogens is 8. The summed E-state index contributed by atoms with van der Waals surface area (Å²) >= 11 is 0. The molecule has 21 aromatic rings. The van der Waals surface area contributed by atoms with Crippen LogP contribution >= 0.6 is 0 Å². The average molecular weight is 1890 g/mol. The maximum Gasteiger partial charge on any atom is 0.217 e. The van der Waals surface area contributed by atoms with Gasteiger partial charge in [0.2, 0.25) is 23.5 Å². The Morgan fingerprint density at radius 2 is 0.608 bits per heavy atom. The molecule has 1 aliphatic carbocycles. The fraction of sp³-hybridized carbons (Fsp3) is 0.228. The summed E-state index contributed by atoms with van der Waals surface area (Å²) in [7, 11) is 0. The first-order valence-corrected chi connectivity index (χ1v) is 50.9. The Labute approximate surface area is 835 Å². The van der Waals surface area contributed by atoms with Gasteiger partial charge in [-0.1, -0.05) is 336 Å². The van der Waals surface area contributed by atoms with Crippen LogP contribution in [0.1, 0.15) is 144 Å². The van der Waals surface area contributed by atoms with Crippen molar-refractivity contribution in [2.75, 3.05) is 19.8 Å². The summed E-state index contributed by atoms with van der Waals surface area (Å²) in [5.74, 6) is 6.07. The van der Waals surface area contributed by atoms with Crippen LogP contribution in [0.4, 0.5) is 0 Å². The van der Waals surface area contributed by atoms with Gasteiger partial charge in [0.05, 0.1) is 64.9 Å². The van der Waals surface area contributed by atoms with Crippen molar-refractivity contribution < 1.29 is 39.4 Å². The lowest BCUT2D eigenvalue weighted by molar-refractivity contribution is 0.201. The van der Waals surface area contributed by atoms with Crippen molar-refractivity contribution in [2.24, 2.45) is 17.8 Å². The maximum absolute atomic E-state index is 10.6. The number of hydrogen-bond acceptors (Lipinski definition) is 16. The van der Waals surface area contributed by atoms with E-state index >= 15 is 0 Å². The van der Waals surface area contributed by atoms with Crippen molar-refractivity contribution in [2.45, 2.75) is 150 Å². The molecule has 3 atom stereocenters. The number of para-hydroxylation sites is 4. The smallest absolute Gasteiger partial charge is 0.217 e. The molecule has 1 aliphatic rings. The van der Waals surface area contributed by atoms with Crippen molar-refractivity contribution in [3.63, 3.8) is 0 Å². The van der Waals surface area contributed by atoms with Gasteiger partial charge in [-0.3, -0.25) is 0 Å². The Hall–Kier alpha value is -15.9. The van der Waals surface area contributed by atoms with Gasteiger partial charge < -0.3 is 39.4 Å². The van der Waals surface area contributed by atoms with Crippen LogP contribution in [0.3, 0.4) is 0 Å². The largest absolute Gasteiger partial charge is 0.507 e. The molecule has 143 heavy (non-hydrogen) atoms. The molecule has 0 amide bonds. The molecule has 0 spiro atoms. The fourth-order valence-corrected chi connectivity index (χ4v) is 19.8. The molecule has 16 heteroatoms. The Morgan fingerprint density at radius 1 is 0.259 bits per heavy atom. The molecule has 22 rings (SSSR count). The van der Waals surface area contributed by atoms with Crippen molar-refractivity contribution in [1.29, 1.82) is 0 Å². The number of hydrogen-bond donors (Lipinski definition) is 4. The van der Waals surface area contributed by atoms with Gasteiger partial charge in [0.25, 0.3) is 0 Å². The predicted octanol–water partition coefficient (Wildman–Crippen LogP) is 33.0. The lowest BCUT2D eigenvalue weighted by atomic mass is 9.91. The fourth-order valence-electron chi connectivity index (χ4n) is 19.8. The summed E-state index contributed by atoms with van der Waals surface area (Å²) in [6, 6.07) is 113. The molecule has 1 saturated carbocycles. The van der Waals surface area contributed by atoms with Crippen molar-refractivity contribution in [3.05, 3.63) is 340 Å². The molecule has 0 radical (unpaired) electrons. The lowest BCUT2D eigenvalue weighted by Crippen LogP contribution is -2.12. The van der Waals surface area contributed by atoms with Crippen LogP contribution in [0.15, 0.2) is 340 Å². The van der Waals surface area contributed by atoms with E-state index in [1.807, 2.05) is 72.8 Å². The summed E-state index contributed by atoms with van der Waals surface area (Å²) in [6.45, 7) is 15.1. The Bertz CT molecular complexity index is 7980. The minimum Gasteiger partial charge on any atom is -0.507 e. The predicted molar refractivity (Wildman–Crippen MR) is 586 cm³/mol. The van der Waals surface area contributed by atoms with Gasteiger partial charge >= 0.3 is 0 Å². The molecule has 4 heterocycles. The molecule has 0 saturated heterocycles. The topological polar surface area (TPSA) is 221 Å². The summed E-state index contributed by atoms with van der Waals surface area (Å²) in [5.41, 5.74) is 9.59. The first kappa shape index (κ1) is 96.0. The van der Waals surface area contributed by atoms with E-state index in [4.69, 9.17) is 53.8 Å². The number of aromatic hydroxyl groups is 4. The third-order valence-electron chi connectivity index (χ3n) is 27.9. The van der Waals surface area contributed by atoms with Crippen molar-refractivity contribution in [1.82, 2.24) is 39.9 Å². The van der Waals surface area contributed by atoms with Gasteiger partial charge in [0.1, 0.15) is 29.1 Å². The zero-order valence-electron chi connectivity index (χ0n) is 82.1. The van der Waals surface area contributed by atoms with E-state index in [0.717, 1.165) is 139 Å². The zero-order chi connectivity index (χ0) is 98.1. The van der Waals surface area contributed by atoms with Gasteiger partial charge in [-0.25, -0.2) is 19.9 Å². The molecule has 16 nitrogen and oxygen atoms in total. The number of fused-ring (bicyclic) bond motifs is 7. The van der Waals surface area contributed by atoms with Gasteiger partial charge in [-0.2, -0.15) is 19.9 Å². The molecule has 4 N–H and O–H groups in total. The van der Waals surface area contributed by atoms with E-state index < -0.39 is 0 Å². The van der Waals surface area contributed by atoms with Crippen LogP contribution < -0.4 is 18.9 Å². The Balaban J connectivity index is 0.000000121. The number of phenolic OH excluding ortho intramolecular Hbond substituents is 4. The molecule has 1 fully saturated rings. The van der Waals surface area contributed by atoms with E-state index in [0.29, 0.717) is 107 Å². The number of phenols is 4. The molecule has 3 unspecified atom stereocenters. The SMILES string of the molecule is CCCCC(CC)COc1cc(-c2c3ccccc3cc3ccccc23)nc(-c2ccccc2O)n1.CCCCC(CC)COc1cc(-c2cc3ccccc3c3ccccc23)nc(-c2ccccc2O)n1.CCCCC(CC)COc1cc(-c2ccc3ccc4cccc5ccc2c3c45)nc(-c2ccccc2O)n1.Oc1ccccc1-c1nc(OC2CCCC2)cc(-c2ccc3cc4ccccc4cc3c2)n1. The standard InChI is InChI=1S/C34H32N2O2.2C32H32N2O2.C29H24N2O2/c1-3-5-9-22(4-2)21-38-31-20-29(35-34(36-31)28-12-6-7-13-30(28)37)26-18-16-25-15-14-23-10-8-11-24-17-19-27(26)33(25)32(23)24;1-3-5-12-22(4-2)21-36-30-20-28(33-32(34-30)27-17-10-11-18-29(27)35)31-25-15-8-6-13-23(25)19-24-14-7-9-16-26(24)31;1-3-5-12-22(4-2)21-36-31-20-29(33-32(34-31)27-17-10-11-18-30(27)35)28-19-23-13-6-7-14-24(23)25-15-8-9-16-26(25)28;32-27-12-6-5-11-25(27)29-30-26(18-28(31-29)33-24-9-3-4-10-24)22-14-13-21-15-19-7-1-2-8-20(19)16-23(21)17-22/h6-8,10-20,22,37H,3-5,9,21H2,1-2H3;2*6-11,13-20,22,35H,3-5,12,21H2,1-2H3;1-2,5-8,11-18,24,32H,3-4,9-10H2. The third kappa shape index (κ3) is 22.0. The Morgan fingerprint density at radius 3 is 1.09 bits per heavy atom. The van der Waals surface area contributed by atoms with Gasteiger partial charge in [0, 0.05) is 46.5 Å². The van der Waals surface area contributed by atoms with E-state index in [2.05, 4.69) is 265 Å². The highest BCUT2D eigenvalue weighted by Gasteiger charge is 2.26. The number of ether oxygens (including phenoxy) is 4. The van der Waals surface area contributed by atoms with Crippen LogP contribution in [-0.4, -0.2) is 86.2 Å². The van der Waals surface area contributed by atoms with E-state index in [1.54, 1.807) is 48.5 Å². The van der Waals surface area contributed by atoms with E-state index in [-0.39, 0.29) is 29.1 Å². The second kappa shape index (κ2) is 45.1.